The van der Waals surface area contributed by atoms with Crippen molar-refractivity contribution in [1.82, 2.24) is 0 Å². The highest BCUT2D eigenvalue weighted by molar-refractivity contribution is 5.69. The Hall–Kier alpha value is -1.55. The highest BCUT2D eigenvalue weighted by Gasteiger charge is 2.26. The number of aryl methyl sites for hydroxylation is 1. The van der Waals surface area contributed by atoms with Gasteiger partial charge < -0.3 is 14.3 Å². The van der Waals surface area contributed by atoms with E-state index in [4.69, 9.17) is 4.74 Å². The first-order valence-corrected chi connectivity index (χ1v) is 9.44. The summed E-state index contributed by atoms with van der Waals surface area (Å²) < 4.78 is 6.13. The number of ether oxygens (including phenoxy) is 1. The van der Waals surface area contributed by atoms with E-state index in [-0.39, 0.29) is 16.8 Å². The number of rotatable bonds is 6. The van der Waals surface area contributed by atoms with Crippen LogP contribution in [0.15, 0.2) is 12.1 Å². The van der Waals surface area contributed by atoms with Gasteiger partial charge in [-0.05, 0) is 33.9 Å². The molecule has 0 atom stereocenters. The molecule has 0 saturated heterocycles. The molecule has 0 bridgehead atoms. The van der Waals surface area contributed by atoms with Gasteiger partial charge in [0.2, 0.25) is 0 Å². The second kappa shape index (κ2) is 7.99. The number of likely N-dealkylation sites (N-methyl/N-ethyl adjacent to an activating group) is 1. The third-order valence-electron chi connectivity index (χ3n) is 4.43. The van der Waals surface area contributed by atoms with Gasteiger partial charge in [0, 0.05) is 6.42 Å². The molecule has 1 aromatic carbocycles. The fourth-order valence-electron chi connectivity index (χ4n) is 2.73. The number of phenols is 1. The van der Waals surface area contributed by atoms with Gasteiger partial charge in [-0.25, -0.2) is 0 Å². The summed E-state index contributed by atoms with van der Waals surface area (Å²) in [7, 11) is 6.23. The van der Waals surface area contributed by atoms with E-state index in [1.165, 1.54) is 0 Å². The van der Waals surface area contributed by atoms with Gasteiger partial charge in [0.25, 0.3) is 0 Å². The summed E-state index contributed by atoms with van der Waals surface area (Å²) in [5.41, 5.74) is 2.61. The zero-order chi connectivity index (χ0) is 20.3. The molecule has 0 aromatic heterocycles. The Morgan fingerprint density at radius 2 is 1.46 bits per heavy atom. The van der Waals surface area contributed by atoms with E-state index in [1.54, 1.807) is 0 Å². The van der Waals surface area contributed by atoms with Gasteiger partial charge >= 0.3 is 5.97 Å². The Labute approximate surface area is 159 Å². The molecule has 0 aliphatic carbocycles. The first-order chi connectivity index (χ1) is 11.6. The van der Waals surface area contributed by atoms with Crippen molar-refractivity contribution in [1.29, 1.82) is 0 Å². The Bertz CT molecular complexity index is 593. The van der Waals surface area contributed by atoms with Crippen LogP contribution in [0.4, 0.5) is 0 Å². The highest BCUT2D eigenvalue weighted by atomic mass is 16.5. The summed E-state index contributed by atoms with van der Waals surface area (Å²) in [5, 5.41) is 10.8. The lowest BCUT2D eigenvalue weighted by Gasteiger charge is -2.28. The standard InChI is InChI=1S/C22H37NO3/c1-21(2,3)17-14-16(15-18(20(17)25)22(4,5)6)10-11-19(24)26-13-12-23(7,8)9/h14-15H,10-13H2,1-9H3/p+1. The average Bonchev–Trinajstić information content (AvgIpc) is 2.42. The molecule has 0 aliphatic rings. The number of hydrogen-bond acceptors (Lipinski definition) is 3. The maximum atomic E-state index is 12.1. The lowest BCUT2D eigenvalue weighted by Crippen LogP contribution is -2.38. The van der Waals surface area contributed by atoms with Gasteiger partial charge in [0.05, 0.1) is 21.1 Å². The topological polar surface area (TPSA) is 46.5 Å². The average molecular weight is 365 g/mol. The van der Waals surface area contributed by atoms with Crippen molar-refractivity contribution in [3.8, 4) is 5.75 Å². The molecular weight excluding hydrogens is 326 g/mol. The molecule has 1 rings (SSSR count). The lowest BCUT2D eigenvalue weighted by atomic mass is 9.78. The van der Waals surface area contributed by atoms with Gasteiger partial charge in [-0.2, -0.15) is 0 Å². The minimum atomic E-state index is -0.166. The number of phenolic OH excluding ortho intramolecular Hbond substituents is 1. The fraction of sp³-hybridized carbons (Fsp3) is 0.682. The second-order valence-corrected chi connectivity index (χ2v) is 10.3. The first-order valence-electron chi connectivity index (χ1n) is 9.44. The Morgan fingerprint density at radius 3 is 1.85 bits per heavy atom. The van der Waals surface area contributed by atoms with Crippen LogP contribution in [0.5, 0.6) is 5.75 Å². The van der Waals surface area contributed by atoms with Crippen molar-refractivity contribution < 1.29 is 19.1 Å². The third-order valence-corrected chi connectivity index (χ3v) is 4.43. The number of hydrogen-bond donors (Lipinski definition) is 1. The highest BCUT2D eigenvalue weighted by Crippen LogP contribution is 2.39. The lowest BCUT2D eigenvalue weighted by molar-refractivity contribution is -0.870. The molecule has 148 valence electrons. The van der Waals surface area contributed by atoms with E-state index in [0.717, 1.165) is 27.7 Å². The van der Waals surface area contributed by atoms with Crippen LogP contribution >= 0.6 is 0 Å². The van der Waals surface area contributed by atoms with Crippen molar-refractivity contribution in [2.75, 3.05) is 34.3 Å². The minimum Gasteiger partial charge on any atom is -0.507 e. The molecule has 1 N–H and O–H groups in total. The summed E-state index contributed by atoms with van der Waals surface area (Å²) in [6.07, 6.45) is 0.977. The first kappa shape index (κ1) is 22.5. The maximum Gasteiger partial charge on any atom is 0.306 e. The minimum absolute atomic E-state index is 0.161. The molecule has 26 heavy (non-hydrogen) atoms. The SMILES string of the molecule is CC(C)(C)c1cc(CCC(=O)OCC[N+](C)(C)C)cc(C(C)(C)C)c1O. The van der Waals surface area contributed by atoms with Gasteiger partial charge in [0.1, 0.15) is 18.9 Å². The summed E-state index contributed by atoms with van der Waals surface area (Å²) in [4.78, 5) is 12.1. The quantitative estimate of drug-likeness (QED) is 0.609. The number of benzene rings is 1. The molecule has 1 aromatic rings. The molecule has 0 aliphatic heterocycles. The van der Waals surface area contributed by atoms with Gasteiger partial charge in [-0.1, -0.05) is 53.7 Å². The van der Waals surface area contributed by atoms with Gasteiger partial charge in [-0.15, -0.1) is 0 Å². The predicted molar refractivity (Wildman–Crippen MR) is 108 cm³/mol. The van der Waals surface area contributed by atoms with Crippen LogP contribution in [0.25, 0.3) is 0 Å². The molecule has 4 heteroatoms. The number of aromatic hydroxyl groups is 1. The summed E-state index contributed by atoms with van der Waals surface area (Å²) in [6, 6.07) is 4.06. The van der Waals surface area contributed by atoms with E-state index in [9.17, 15) is 9.90 Å². The van der Waals surface area contributed by atoms with E-state index < -0.39 is 0 Å². The molecule has 0 heterocycles. The molecule has 4 nitrogen and oxygen atoms in total. The Morgan fingerprint density at radius 1 is 1.00 bits per heavy atom. The van der Waals surface area contributed by atoms with E-state index in [1.807, 2.05) is 12.1 Å². The van der Waals surface area contributed by atoms with Gasteiger partial charge in [0.15, 0.2) is 0 Å². The van der Waals surface area contributed by atoms with Crippen LogP contribution in [0, 0.1) is 0 Å². The number of quaternary nitrogens is 1. The van der Waals surface area contributed by atoms with Crippen LogP contribution in [0.2, 0.25) is 0 Å². The largest absolute Gasteiger partial charge is 0.507 e. The summed E-state index contributed by atoms with van der Waals surface area (Å²) in [6.45, 7) is 13.8. The zero-order valence-electron chi connectivity index (χ0n) is 18.2. The fourth-order valence-corrected chi connectivity index (χ4v) is 2.73. The summed E-state index contributed by atoms with van der Waals surface area (Å²) in [5.74, 6) is 0.209. The number of nitrogens with zero attached hydrogens (tertiary/aromatic N) is 1. The van der Waals surface area contributed by atoms with E-state index >= 15 is 0 Å². The Kier molecular flexibility index (Phi) is 6.92. The molecule has 0 unspecified atom stereocenters. The molecule has 0 fully saturated rings. The molecule has 0 saturated carbocycles. The maximum absolute atomic E-state index is 12.1. The molecule has 0 radical (unpaired) electrons. The van der Waals surface area contributed by atoms with Crippen LogP contribution in [0.3, 0.4) is 0 Å². The van der Waals surface area contributed by atoms with Crippen LogP contribution in [0.1, 0.15) is 64.7 Å². The third kappa shape index (κ3) is 6.99. The number of esters is 1. The van der Waals surface area contributed by atoms with Crippen LogP contribution < -0.4 is 0 Å². The van der Waals surface area contributed by atoms with Crippen molar-refractivity contribution >= 4 is 5.97 Å². The monoisotopic (exact) mass is 364 g/mol. The number of carbonyl (C=O) groups is 1. The molecule has 0 amide bonds. The van der Waals surface area contributed by atoms with E-state index in [0.29, 0.717) is 25.2 Å². The predicted octanol–water partition coefficient (Wildman–Crippen LogP) is 4.17. The van der Waals surface area contributed by atoms with Crippen molar-refractivity contribution in [3.63, 3.8) is 0 Å². The van der Waals surface area contributed by atoms with Crippen molar-refractivity contribution in [3.05, 3.63) is 28.8 Å². The van der Waals surface area contributed by atoms with Crippen molar-refractivity contribution in [2.24, 2.45) is 0 Å². The zero-order valence-corrected chi connectivity index (χ0v) is 18.2. The summed E-state index contributed by atoms with van der Waals surface area (Å²) >= 11 is 0. The molecular formula is C22H38NO3+. The van der Waals surface area contributed by atoms with Crippen molar-refractivity contribution in [2.45, 2.75) is 65.2 Å². The smallest absolute Gasteiger partial charge is 0.306 e. The van der Waals surface area contributed by atoms with Gasteiger partial charge in [-0.3, -0.25) is 4.79 Å². The molecule has 0 spiro atoms. The number of carbonyl (C=O) groups excluding carboxylic acids is 1. The second-order valence-electron chi connectivity index (χ2n) is 10.3. The van der Waals surface area contributed by atoms with Crippen LogP contribution in [-0.2, 0) is 26.8 Å². The Balaban J connectivity index is 2.91. The van der Waals surface area contributed by atoms with Crippen LogP contribution in [-0.4, -0.2) is 49.9 Å². The normalized spacial score (nSPS) is 13.0. The van der Waals surface area contributed by atoms with E-state index in [2.05, 4.69) is 62.7 Å².